The number of hydrogen-bond donors (Lipinski definition) is 0. The third-order valence-corrected chi connectivity index (χ3v) is 3.32. The van der Waals surface area contributed by atoms with Gasteiger partial charge in [-0.3, -0.25) is 0 Å². The highest BCUT2D eigenvalue weighted by molar-refractivity contribution is 6.17. The third kappa shape index (κ3) is 2.85. The summed E-state index contributed by atoms with van der Waals surface area (Å²) in [6, 6.07) is 1.93. The Morgan fingerprint density at radius 2 is 2.44 bits per heavy atom. The van der Waals surface area contributed by atoms with Crippen molar-refractivity contribution in [1.29, 1.82) is 0 Å². The fourth-order valence-electron chi connectivity index (χ4n) is 2.22. The Kier molecular flexibility index (Phi) is 3.99. The first-order valence-corrected chi connectivity index (χ1v) is 6.43. The summed E-state index contributed by atoms with van der Waals surface area (Å²) in [5.41, 5.74) is 1.03. The van der Waals surface area contributed by atoms with Gasteiger partial charge in [0.05, 0.1) is 0 Å². The Bertz CT molecular complexity index is 341. The first-order chi connectivity index (χ1) is 7.79. The van der Waals surface area contributed by atoms with E-state index in [1.54, 1.807) is 0 Å². The average molecular weight is 240 g/mol. The molecule has 0 spiro atoms. The molecule has 1 atom stereocenters. The predicted molar refractivity (Wildman–Crippen MR) is 67.0 cm³/mol. The minimum Gasteiger partial charge on any atom is -0.341 e. The summed E-state index contributed by atoms with van der Waals surface area (Å²) in [5.74, 6) is 2.34. The lowest BCUT2D eigenvalue weighted by molar-refractivity contribution is 0.402. The summed E-state index contributed by atoms with van der Waals surface area (Å²) in [6.07, 6.45) is 5.45. The Hall–Kier alpha value is -0.830. The van der Waals surface area contributed by atoms with Gasteiger partial charge < -0.3 is 4.90 Å². The van der Waals surface area contributed by atoms with Gasteiger partial charge in [-0.1, -0.05) is 0 Å². The molecule has 1 unspecified atom stereocenters. The summed E-state index contributed by atoms with van der Waals surface area (Å²) >= 11 is 5.80. The molecule has 16 heavy (non-hydrogen) atoms. The number of aromatic nitrogens is 2. The second-order valence-electron chi connectivity index (χ2n) is 4.43. The molecule has 1 aromatic rings. The monoisotopic (exact) mass is 239 g/mol. The second kappa shape index (κ2) is 5.48. The first kappa shape index (κ1) is 11.6. The van der Waals surface area contributed by atoms with Crippen molar-refractivity contribution in [3.8, 4) is 0 Å². The van der Waals surface area contributed by atoms with Gasteiger partial charge in [0.15, 0.2) is 0 Å². The average Bonchev–Trinajstić information content (AvgIpc) is 2.30. The van der Waals surface area contributed by atoms with E-state index in [9.17, 15) is 0 Å². The van der Waals surface area contributed by atoms with Crippen molar-refractivity contribution in [3.63, 3.8) is 0 Å². The predicted octanol–water partition coefficient (Wildman–Crippen LogP) is 2.63. The van der Waals surface area contributed by atoms with Crippen LogP contribution in [0.3, 0.4) is 0 Å². The zero-order valence-corrected chi connectivity index (χ0v) is 10.5. The van der Waals surface area contributed by atoms with Crippen molar-refractivity contribution in [3.05, 3.63) is 18.0 Å². The van der Waals surface area contributed by atoms with Crippen LogP contribution in [-0.2, 0) is 0 Å². The Morgan fingerprint density at radius 1 is 1.56 bits per heavy atom. The summed E-state index contributed by atoms with van der Waals surface area (Å²) in [6.45, 7) is 4.13. The van der Waals surface area contributed by atoms with E-state index < -0.39 is 0 Å². The summed E-state index contributed by atoms with van der Waals surface area (Å²) in [5, 5.41) is 0. The molecular weight excluding hydrogens is 222 g/mol. The molecule has 1 saturated heterocycles. The van der Waals surface area contributed by atoms with Crippen LogP contribution in [0.15, 0.2) is 12.3 Å². The quantitative estimate of drug-likeness (QED) is 0.760. The van der Waals surface area contributed by atoms with E-state index in [2.05, 4.69) is 14.9 Å². The number of alkyl halides is 1. The Balaban J connectivity index is 2.03. The lowest BCUT2D eigenvalue weighted by atomic mass is 9.96. The minimum atomic E-state index is 0.704. The van der Waals surface area contributed by atoms with Gasteiger partial charge in [0, 0.05) is 30.9 Å². The van der Waals surface area contributed by atoms with E-state index in [4.69, 9.17) is 11.6 Å². The van der Waals surface area contributed by atoms with Gasteiger partial charge in [0.1, 0.15) is 0 Å². The van der Waals surface area contributed by atoms with Crippen molar-refractivity contribution >= 4 is 17.5 Å². The summed E-state index contributed by atoms with van der Waals surface area (Å²) < 4.78 is 0. The van der Waals surface area contributed by atoms with Crippen LogP contribution in [0, 0.1) is 12.8 Å². The van der Waals surface area contributed by atoms with Crippen LogP contribution in [0.2, 0.25) is 0 Å². The molecule has 2 heterocycles. The molecule has 0 N–H and O–H groups in total. The topological polar surface area (TPSA) is 29.0 Å². The first-order valence-electron chi connectivity index (χ1n) is 5.90. The van der Waals surface area contributed by atoms with Gasteiger partial charge in [-0.05, 0) is 38.2 Å². The van der Waals surface area contributed by atoms with Gasteiger partial charge in [-0.2, -0.15) is 0 Å². The highest BCUT2D eigenvalue weighted by Gasteiger charge is 2.21. The number of hydrogen-bond acceptors (Lipinski definition) is 3. The maximum absolute atomic E-state index is 5.80. The zero-order valence-electron chi connectivity index (χ0n) is 9.69. The maximum Gasteiger partial charge on any atom is 0.225 e. The molecular formula is C12H18ClN3. The highest BCUT2D eigenvalue weighted by atomic mass is 35.5. The minimum absolute atomic E-state index is 0.704. The normalized spacial score (nSPS) is 21.1. The molecule has 0 aliphatic carbocycles. The molecule has 0 bridgehead atoms. The van der Waals surface area contributed by atoms with Crippen molar-refractivity contribution in [2.75, 3.05) is 23.9 Å². The molecule has 3 nitrogen and oxygen atoms in total. The van der Waals surface area contributed by atoms with Crippen LogP contribution in [-0.4, -0.2) is 28.9 Å². The number of nitrogens with zero attached hydrogens (tertiary/aromatic N) is 3. The zero-order chi connectivity index (χ0) is 11.4. The molecule has 0 amide bonds. The molecule has 1 aliphatic rings. The van der Waals surface area contributed by atoms with Crippen LogP contribution in [0.4, 0.5) is 5.95 Å². The van der Waals surface area contributed by atoms with Crippen LogP contribution in [0.25, 0.3) is 0 Å². The van der Waals surface area contributed by atoms with E-state index in [0.717, 1.165) is 37.0 Å². The molecule has 0 radical (unpaired) electrons. The number of halogens is 1. The summed E-state index contributed by atoms with van der Waals surface area (Å²) in [7, 11) is 0. The SMILES string of the molecule is Cc1ccnc(N2CCCC(CCCl)C2)n1. The lowest BCUT2D eigenvalue weighted by Crippen LogP contribution is -2.36. The Labute approximate surface area is 102 Å². The number of rotatable bonds is 3. The van der Waals surface area contributed by atoms with Crippen LogP contribution in [0.5, 0.6) is 0 Å². The van der Waals surface area contributed by atoms with Crippen molar-refractivity contribution in [2.24, 2.45) is 5.92 Å². The largest absolute Gasteiger partial charge is 0.341 e. The Morgan fingerprint density at radius 3 is 3.19 bits per heavy atom. The molecule has 1 aliphatic heterocycles. The van der Waals surface area contributed by atoms with E-state index in [-0.39, 0.29) is 0 Å². The van der Waals surface area contributed by atoms with Crippen molar-refractivity contribution in [1.82, 2.24) is 9.97 Å². The van der Waals surface area contributed by atoms with Gasteiger partial charge in [-0.15, -0.1) is 11.6 Å². The van der Waals surface area contributed by atoms with Crippen molar-refractivity contribution < 1.29 is 0 Å². The van der Waals surface area contributed by atoms with Crippen LogP contribution < -0.4 is 4.90 Å². The lowest BCUT2D eigenvalue weighted by Gasteiger charge is -2.32. The second-order valence-corrected chi connectivity index (χ2v) is 4.81. The third-order valence-electron chi connectivity index (χ3n) is 3.10. The van der Waals surface area contributed by atoms with E-state index in [0.29, 0.717) is 5.92 Å². The molecule has 1 fully saturated rings. The molecule has 4 heteroatoms. The smallest absolute Gasteiger partial charge is 0.225 e. The van der Waals surface area contributed by atoms with Crippen molar-refractivity contribution in [2.45, 2.75) is 26.2 Å². The van der Waals surface area contributed by atoms with Crippen LogP contribution in [0.1, 0.15) is 25.0 Å². The van der Waals surface area contributed by atoms with Crippen LogP contribution >= 0.6 is 11.6 Å². The number of aryl methyl sites for hydroxylation is 1. The maximum atomic E-state index is 5.80. The molecule has 0 aromatic carbocycles. The van der Waals surface area contributed by atoms with E-state index in [1.807, 2.05) is 19.2 Å². The van der Waals surface area contributed by atoms with Gasteiger partial charge in [-0.25, -0.2) is 9.97 Å². The van der Waals surface area contributed by atoms with E-state index in [1.165, 1.54) is 12.8 Å². The molecule has 88 valence electrons. The van der Waals surface area contributed by atoms with Gasteiger partial charge in [0.2, 0.25) is 5.95 Å². The summed E-state index contributed by atoms with van der Waals surface area (Å²) in [4.78, 5) is 11.1. The fourth-order valence-corrected chi connectivity index (χ4v) is 2.53. The fraction of sp³-hybridized carbons (Fsp3) is 0.667. The number of piperidine rings is 1. The molecule has 2 rings (SSSR count). The van der Waals surface area contributed by atoms with Gasteiger partial charge >= 0.3 is 0 Å². The molecule has 1 aromatic heterocycles. The number of anilines is 1. The highest BCUT2D eigenvalue weighted by Crippen LogP contribution is 2.22. The standard InChI is InChI=1S/C12H18ClN3/c1-10-5-7-14-12(15-10)16-8-2-3-11(9-16)4-6-13/h5,7,11H,2-4,6,8-9H2,1H3. The van der Waals surface area contributed by atoms with Gasteiger partial charge in [0.25, 0.3) is 0 Å². The molecule has 0 saturated carbocycles. The van der Waals surface area contributed by atoms with E-state index >= 15 is 0 Å².